The number of carbonyl (C=O) groups excluding carboxylic acids is 2. The number of benzene rings is 3. The van der Waals surface area contributed by atoms with Gasteiger partial charge in [0, 0.05) is 16.5 Å². The lowest BCUT2D eigenvalue weighted by Gasteiger charge is -2.10. The van der Waals surface area contributed by atoms with E-state index in [4.69, 9.17) is 14.2 Å². The van der Waals surface area contributed by atoms with E-state index in [0.29, 0.717) is 23.7 Å². The number of nitrogens with zero attached hydrogens (tertiary/aromatic N) is 1. The summed E-state index contributed by atoms with van der Waals surface area (Å²) in [6.45, 7) is 2.28. The number of nitrogens with one attached hydrogen (secondary N) is 2. The number of ether oxygens (including phenoxy) is 3. The third-order valence-corrected chi connectivity index (χ3v) is 4.67. The van der Waals surface area contributed by atoms with Gasteiger partial charge >= 0.3 is 0 Å². The van der Waals surface area contributed by atoms with Crippen molar-refractivity contribution in [1.82, 2.24) is 10.7 Å². The Balaban J connectivity index is 1.59. The molecule has 166 valence electrons. The van der Waals surface area contributed by atoms with Crippen LogP contribution < -0.4 is 25.0 Å². The molecular weight excluding hydrogens is 410 g/mol. The van der Waals surface area contributed by atoms with Gasteiger partial charge in [0.1, 0.15) is 5.75 Å². The first kappa shape index (κ1) is 22.6. The van der Waals surface area contributed by atoms with E-state index in [0.717, 1.165) is 22.1 Å². The van der Waals surface area contributed by atoms with Gasteiger partial charge in [-0.15, -0.1) is 0 Å². The molecule has 0 aromatic heterocycles. The lowest BCUT2D eigenvalue weighted by atomic mass is 10.0. The SMILES string of the molecule is CCOc1ccc(/C=N/NC(=O)CNC(=O)c2ccc(OC)c(OC)c2)c2ccccc12. The predicted octanol–water partition coefficient (Wildman–Crippen LogP) is 3.14. The molecule has 0 bridgehead atoms. The molecule has 3 rings (SSSR count). The molecule has 3 aromatic rings. The topological polar surface area (TPSA) is 98.2 Å². The molecule has 0 spiro atoms. The van der Waals surface area contributed by atoms with Crippen LogP contribution in [-0.4, -0.2) is 45.4 Å². The predicted molar refractivity (Wildman–Crippen MR) is 123 cm³/mol. The van der Waals surface area contributed by atoms with Gasteiger partial charge < -0.3 is 19.5 Å². The molecule has 0 saturated carbocycles. The molecule has 0 fully saturated rings. The van der Waals surface area contributed by atoms with Crippen LogP contribution in [0.1, 0.15) is 22.8 Å². The lowest BCUT2D eigenvalue weighted by Crippen LogP contribution is -2.34. The maximum absolute atomic E-state index is 12.3. The van der Waals surface area contributed by atoms with E-state index in [-0.39, 0.29) is 6.54 Å². The maximum Gasteiger partial charge on any atom is 0.259 e. The number of hydrazone groups is 1. The maximum atomic E-state index is 12.3. The van der Waals surface area contributed by atoms with Crippen LogP contribution in [0.25, 0.3) is 10.8 Å². The van der Waals surface area contributed by atoms with Crippen molar-refractivity contribution in [2.45, 2.75) is 6.92 Å². The van der Waals surface area contributed by atoms with E-state index in [2.05, 4.69) is 15.8 Å². The highest BCUT2D eigenvalue weighted by Crippen LogP contribution is 2.28. The van der Waals surface area contributed by atoms with Crippen LogP contribution in [0, 0.1) is 0 Å². The summed E-state index contributed by atoms with van der Waals surface area (Å²) in [6.07, 6.45) is 1.56. The average Bonchev–Trinajstić information content (AvgIpc) is 2.83. The van der Waals surface area contributed by atoms with E-state index in [1.807, 2.05) is 43.3 Å². The Bertz CT molecular complexity index is 1140. The van der Waals surface area contributed by atoms with E-state index in [9.17, 15) is 9.59 Å². The minimum absolute atomic E-state index is 0.228. The average molecular weight is 435 g/mol. The summed E-state index contributed by atoms with van der Waals surface area (Å²) in [6, 6.07) is 16.3. The summed E-state index contributed by atoms with van der Waals surface area (Å²) in [5.74, 6) is 0.866. The van der Waals surface area contributed by atoms with Crippen molar-refractivity contribution in [1.29, 1.82) is 0 Å². The van der Waals surface area contributed by atoms with Crippen molar-refractivity contribution in [3.63, 3.8) is 0 Å². The number of hydrogen-bond acceptors (Lipinski definition) is 6. The molecule has 0 aliphatic carbocycles. The van der Waals surface area contributed by atoms with E-state index in [1.165, 1.54) is 14.2 Å². The summed E-state index contributed by atoms with van der Waals surface area (Å²) < 4.78 is 16.0. The number of rotatable bonds is 9. The fourth-order valence-corrected chi connectivity index (χ4v) is 3.14. The zero-order valence-corrected chi connectivity index (χ0v) is 18.2. The highest BCUT2D eigenvalue weighted by Gasteiger charge is 2.12. The van der Waals surface area contributed by atoms with Gasteiger partial charge in [0.05, 0.1) is 33.6 Å². The molecule has 0 aliphatic heterocycles. The van der Waals surface area contributed by atoms with Crippen molar-refractivity contribution >= 4 is 28.8 Å². The number of carbonyl (C=O) groups is 2. The van der Waals surface area contributed by atoms with Gasteiger partial charge in [-0.2, -0.15) is 5.10 Å². The fraction of sp³-hybridized carbons (Fsp3) is 0.208. The van der Waals surface area contributed by atoms with Crippen molar-refractivity contribution in [2.24, 2.45) is 5.10 Å². The number of amides is 2. The fourth-order valence-electron chi connectivity index (χ4n) is 3.14. The third-order valence-electron chi connectivity index (χ3n) is 4.67. The number of fused-ring (bicyclic) bond motifs is 1. The van der Waals surface area contributed by atoms with Crippen molar-refractivity contribution in [3.8, 4) is 17.2 Å². The third kappa shape index (κ3) is 5.34. The molecule has 8 nitrogen and oxygen atoms in total. The van der Waals surface area contributed by atoms with Gasteiger partial charge in [-0.3, -0.25) is 9.59 Å². The molecular formula is C24H25N3O5. The van der Waals surface area contributed by atoms with Crippen molar-refractivity contribution in [3.05, 3.63) is 65.7 Å². The molecule has 2 N–H and O–H groups in total. The summed E-state index contributed by atoms with van der Waals surface area (Å²) >= 11 is 0. The van der Waals surface area contributed by atoms with Crippen molar-refractivity contribution < 1.29 is 23.8 Å². The zero-order valence-electron chi connectivity index (χ0n) is 18.2. The Hall–Kier alpha value is -4.07. The molecule has 0 radical (unpaired) electrons. The van der Waals surface area contributed by atoms with Gasteiger partial charge in [0.2, 0.25) is 0 Å². The molecule has 8 heteroatoms. The Morgan fingerprint density at radius 1 is 0.938 bits per heavy atom. The quantitative estimate of drug-likeness (QED) is 0.398. The molecule has 0 saturated heterocycles. The van der Waals surface area contributed by atoms with Crippen LogP contribution in [0.3, 0.4) is 0 Å². The van der Waals surface area contributed by atoms with Crippen LogP contribution in [-0.2, 0) is 4.79 Å². The molecule has 0 aliphatic rings. The Kier molecular flexibility index (Phi) is 7.64. The molecule has 0 heterocycles. The minimum atomic E-state index is -0.453. The first-order chi connectivity index (χ1) is 15.6. The highest BCUT2D eigenvalue weighted by molar-refractivity contribution is 6.02. The van der Waals surface area contributed by atoms with E-state index in [1.54, 1.807) is 24.4 Å². The smallest absolute Gasteiger partial charge is 0.259 e. The highest BCUT2D eigenvalue weighted by atomic mass is 16.5. The number of hydrogen-bond donors (Lipinski definition) is 2. The Morgan fingerprint density at radius 2 is 1.66 bits per heavy atom. The van der Waals surface area contributed by atoms with Gasteiger partial charge in [0.25, 0.3) is 11.8 Å². The lowest BCUT2D eigenvalue weighted by molar-refractivity contribution is -0.120. The summed E-state index contributed by atoms with van der Waals surface area (Å²) in [5, 5.41) is 8.49. The molecule has 0 unspecified atom stereocenters. The van der Waals surface area contributed by atoms with Gasteiger partial charge in [0.15, 0.2) is 11.5 Å². The largest absolute Gasteiger partial charge is 0.493 e. The molecule has 0 atom stereocenters. The first-order valence-corrected chi connectivity index (χ1v) is 10.0. The van der Waals surface area contributed by atoms with Crippen molar-refractivity contribution in [2.75, 3.05) is 27.4 Å². The van der Waals surface area contributed by atoms with E-state index < -0.39 is 11.8 Å². The normalized spacial score (nSPS) is 10.7. The second-order valence-electron chi connectivity index (χ2n) is 6.68. The van der Waals surface area contributed by atoms with Crippen LogP contribution in [0.15, 0.2) is 59.7 Å². The Labute approximate surface area is 186 Å². The van der Waals surface area contributed by atoms with E-state index >= 15 is 0 Å². The second-order valence-corrected chi connectivity index (χ2v) is 6.68. The Morgan fingerprint density at radius 3 is 2.38 bits per heavy atom. The molecule has 3 aromatic carbocycles. The zero-order chi connectivity index (χ0) is 22.9. The number of methoxy groups -OCH3 is 2. The van der Waals surface area contributed by atoms with Crippen LogP contribution in [0.2, 0.25) is 0 Å². The van der Waals surface area contributed by atoms with Gasteiger partial charge in [-0.1, -0.05) is 24.3 Å². The van der Waals surface area contributed by atoms with Crippen LogP contribution >= 0.6 is 0 Å². The summed E-state index contributed by atoms with van der Waals surface area (Å²) in [7, 11) is 3.00. The standard InChI is InChI=1S/C24H25N3O5/c1-4-32-20-11-10-17(18-7-5-6-8-19(18)20)14-26-27-23(28)15-25-24(29)16-9-12-21(30-2)22(13-16)31-3/h5-14H,4,15H2,1-3H3,(H,25,29)(H,27,28)/b26-14+. The summed E-state index contributed by atoms with van der Waals surface area (Å²) in [5.41, 5.74) is 3.60. The minimum Gasteiger partial charge on any atom is -0.493 e. The van der Waals surface area contributed by atoms with Crippen LogP contribution in [0.4, 0.5) is 0 Å². The molecule has 2 amide bonds. The summed E-state index contributed by atoms with van der Waals surface area (Å²) in [4.78, 5) is 24.4. The second kappa shape index (κ2) is 10.8. The monoisotopic (exact) mass is 435 g/mol. The van der Waals surface area contributed by atoms with Crippen LogP contribution in [0.5, 0.6) is 17.2 Å². The first-order valence-electron chi connectivity index (χ1n) is 10.0. The van der Waals surface area contributed by atoms with Gasteiger partial charge in [-0.05, 0) is 42.6 Å². The molecule has 32 heavy (non-hydrogen) atoms. The van der Waals surface area contributed by atoms with Gasteiger partial charge in [-0.25, -0.2) is 5.43 Å².